The normalized spacial score (nSPS) is 10.6. The first-order valence-corrected chi connectivity index (χ1v) is 9.00. The summed E-state index contributed by atoms with van der Waals surface area (Å²) in [6, 6.07) is 13.6. The topological polar surface area (TPSA) is 55.6 Å². The van der Waals surface area contributed by atoms with E-state index in [9.17, 15) is 4.79 Å². The van der Waals surface area contributed by atoms with Gasteiger partial charge in [-0.05, 0) is 60.9 Å². The van der Waals surface area contributed by atoms with Gasteiger partial charge in [-0.2, -0.15) is 0 Å². The molecule has 0 aliphatic carbocycles. The van der Waals surface area contributed by atoms with Gasteiger partial charge in [0.2, 0.25) is 5.91 Å². The molecule has 3 rings (SSSR count). The molecule has 1 amide bonds. The van der Waals surface area contributed by atoms with Crippen molar-refractivity contribution in [3.05, 3.63) is 83.6 Å². The van der Waals surface area contributed by atoms with Gasteiger partial charge in [0, 0.05) is 18.9 Å². The predicted molar refractivity (Wildman–Crippen MR) is 103 cm³/mol. The molecule has 1 aromatic carbocycles. The summed E-state index contributed by atoms with van der Waals surface area (Å²) in [4.78, 5) is 18.7. The molecule has 5 heteroatoms. The molecule has 0 N–H and O–H groups in total. The number of carbonyl (C=O) groups is 1. The van der Waals surface area contributed by atoms with Gasteiger partial charge in [-0.3, -0.25) is 9.78 Å². The maximum absolute atomic E-state index is 12.8. The molecule has 0 spiro atoms. The number of pyridine rings is 1. The van der Waals surface area contributed by atoms with E-state index in [4.69, 9.17) is 9.15 Å². The zero-order valence-electron chi connectivity index (χ0n) is 15.7. The van der Waals surface area contributed by atoms with Crippen LogP contribution in [0.4, 0.5) is 0 Å². The molecule has 2 aromatic heterocycles. The summed E-state index contributed by atoms with van der Waals surface area (Å²) in [5.41, 5.74) is 3.27. The molecular formula is C22H24N2O3. The van der Waals surface area contributed by atoms with E-state index in [0.717, 1.165) is 28.2 Å². The number of benzene rings is 1. The molecule has 0 radical (unpaired) electrons. The van der Waals surface area contributed by atoms with Crippen LogP contribution in [0.3, 0.4) is 0 Å². The van der Waals surface area contributed by atoms with Crippen molar-refractivity contribution in [3.63, 3.8) is 0 Å². The molecule has 5 nitrogen and oxygen atoms in total. The quantitative estimate of drug-likeness (QED) is 0.598. The molecule has 0 fully saturated rings. The van der Waals surface area contributed by atoms with Gasteiger partial charge < -0.3 is 14.1 Å². The third-order valence-electron chi connectivity index (χ3n) is 4.16. The van der Waals surface area contributed by atoms with Gasteiger partial charge in [0.1, 0.15) is 11.5 Å². The van der Waals surface area contributed by atoms with Crippen molar-refractivity contribution in [1.82, 2.24) is 9.88 Å². The zero-order valence-corrected chi connectivity index (χ0v) is 15.7. The van der Waals surface area contributed by atoms with Crippen LogP contribution in [0, 0.1) is 13.8 Å². The summed E-state index contributed by atoms with van der Waals surface area (Å²) in [7, 11) is 0. The van der Waals surface area contributed by atoms with E-state index in [0.29, 0.717) is 26.1 Å². The molecule has 0 saturated carbocycles. The Morgan fingerprint density at radius 3 is 2.59 bits per heavy atom. The van der Waals surface area contributed by atoms with Crippen LogP contribution in [-0.4, -0.2) is 22.4 Å². The van der Waals surface area contributed by atoms with Gasteiger partial charge in [0.25, 0.3) is 0 Å². The SMILES string of the molecule is Cc1cc(C)cc(OCCC(=O)N(Cc2cccnc2)Cc2ccco2)c1. The Hall–Kier alpha value is -3.08. The number of amides is 1. The van der Waals surface area contributed by atoms with Gasteiger partial charge in [0.05, 0.1) is 25.8 Å². The number of rotatable bonds is 8. The lowest BCUT2D eigenvalue weighted by atomic mass is 10.1. The summed E-state index contributed by atoms with van der Waals surface area (Å²) in [6.07, 6.45) is 5.41. The number of furan rings is 1. The number of hydrogen-bond acceptors (Lipinski definition) is 4. The van der Waals surface area contributed by atoms with Crippen LogP contribution in [0.25, 0.3) is 0 Å². The summed E-state index contributed by atoms with van der Waals surface area (Å²) in [6.45, 7) is 5.30. The lowest BCUT2D eigenvalue weighted by molar-refractivity contribution is -0.133. The largest absolute Gasteiger partial charge is 0.493 e. The first-order chi connectivity index (χ1) is 13.1. The molecule has 0 saturated heterocycles. The van der Waals surface area contributed by atoms with E-state index >= 15 is 0 Å². The lowest BCUT2D eigenvalue weighted by Crippen LogP contribution is -2.31. The molecule has 0 unspecified atom stereocenters. The standard InChI is InChI=1S/C22H24N2O3/c1-17-11-18(2)13-21(12-17)27-10-7-22(25)24(16-20-6-4-9-26-20)15-19-5-3-8-23-14-19/h3-6,8-9,11-14H,7,10,15-16H2,1-2H3. The maximum atomic E-state index is 12.8. The lowest BCUT2D eigenvalue weighted by Gasteiger charge is -2.22. The number of hydrogen-bond donors (Lipinski definition) is 0. The predicted octanol–water partition coefficient (Wildman–Crippen LogP) is 4.29. The fourth-order valence-corrected chi connectivity index (χ4v) is 2.97. The van der Waals surface area contributed by atoms with Gasteiger partial charge in [0.15, 0.2) is 0 Å². The summed E-state index contributed by atoms with van der Waals surface area (Å²) < 4.78 is 11.2. The number of ether oxygens (including phenoxy) is 1. The van der Waals surface area contributed by atoms with Gasteiger partial charge in [-0.1, -0.05) is 12.1 Å². The summed E-state index contributed by atoms with van der Waals surface area (Å²) in [5, 5.41) is 0. The van der Waals surface area contributed by atoms with Crippen LogP contribution in [0.1, 0.15) is 28.9 Å². The van der Waals surface area contributed by atoms with Crippen LogP contribution in [0.5, 0.6) is 5.75 Å². The molecule has 0 bridgehead atoms. The molecule has 27 heavy (non-hydrogen) atoms. The van der Waals surface area contributed by atoms with Crippen molar-refractivity contribution in [1.29, 1.82) is 0 Å². The Balaban J connectivity index is 1.61. The van der Waals surface area contributed by atoms with E-state index in [1.165, 1.54) is 0 Å². The Kier molecular flexibility index (Phi) is 6.26. The second-order valence-corrected chi connectivity index (χ2v) is 6.61. The Morgan fingerprint density at radius 2 is 1.93 bits per heavy atom. The molecule has 0 atom stereocenters. The third kappa shape index (κ3) is 5.71. The second kappa shape index (κ2) is 9.03. The number of nitrogens with zero attached hydrogens (tertiary/aromatic N) is 2. The van der Waals surface area contributed by atoms with E-state index in [2.05, 4.69) is 11.1 Å². The highest BCUT2D eigenvalue weighted by molar-refractivity contribution is 5.76. The van der Waals surface area contributed by atoms with Crippen molar-refractivity contribution < 1.29 is 13.9 Å². The molecule has 0 aliphatic heterocycles. The highest BCUT2D eigenvalue weighted by Gasteiger charge is 2.16. The van der Waals surface area contributed by atoms with E-state index < -0.39 is 0 Å². The van der Waals surface area contributed by atoms with Crippen molar-refractivity contribution in [3.8, 4) is 5.75 Å². The second-order valence-electron chi connectivity index (χ2n) is 6.61. The van der Waals surface area contributed by atoms with Crippen LogP contribution >= 0.6 is 0 Å². The Labute approximate surface area is 159 Å². The average Bonchev–Trinajstić information content (AvgIpc) is 3.14. The first-order valence-electron chi connectivity index (χ1n) is 9.00. The Bertz CT molecular complexity index is 840. The van der Waals surface area contributed by atoms with Crippen molar-refractivity contribution in [2.24, 2.45) is 0 Å². The minimum Gasteiger partial charge on any atom is -0.493 e. The first kappa shape index (κ1) is 18.7. The molecule has 2 heterocycles. The average molecular weight is 364 g/mol. The van der Waals surface area contributed by atoms with Crippen LogP contribution < -0.4 is 4.74 Å². The minimum atomic E-state index is 0.0135. The van der Waals surface area contributed by atoms with Crippen molar-refractivity contribution in [2.75, 3.05) is 6.61 Å². The third-order valence-corrected chi connectivity index (χ3v) is 4.16. The van der Waals surface area contributed by atoms with Crippen molar-refractivity contribution >= 4 is 5.91 Å². The van der Waals surface area contributed by atoms with E-state index in [1.54, 1.807) is 23.6 Å². The highest BCUT2D eigenvalue weighted by atomic mass is 16.5. The smallest absolute Gasteiger partial charge is 0.226 e. The van der Waals surface area contributed by atoms with Gasteiger partial charge in [-0.15, -0.1) is 0 Å². The van der Waals surface area contributed by atoms with E-state index in [-0.39, 0.29) is 5.91 Å². The number of aromatic nitrogens is 1. The van der Waals surface area contributed by atoms with Crippen LogP contribution in [0.2, 0.25) is 0 Å². The maximum Gasteiger partial charge on any atom is 0.226 e. The number of aryl methyl sites for hydroxylation is 2. The molecule has 0 aliphatic rings. The number of carbonyl (C=O) groups excluding carboxylic acids is 1. The molecular weight excluding hydrogens is 340 g/mol. The van der Waals surface area contributed by atoms with E-state index in [1.807, 2.05) is 50.2 Å². The van der Waals surface area contributed by atoms with Crippen LogP contribution in [0.15, 0.2) is 65.5 Å². The zero-order chi connectivity index (χ0) is 19.1. The molecule has 3 aromatic rings. The highest BCUT2D eigenvalue weighted by Crippen LogP contribution is 2.17. The molecule has 140 valence electrons. The summed E-state index contributed by atoms with van der Waals surface area (Å²) in [5.74, 6) is 1.56. The van der Waals surface area contributed by atoms with Crippen molar-refractivity contribution in [2.45, 2.75) is 33.4 Å². The van der Waals surface area contributed by atoms with Gasteiger partial charge >= 0.3 is 0 Å². The minimum absolute atomic E-state index is 0.0135. The Morgan fingerprint density at radius 1 is 1.11 bits per heavy atom. The van der Waals surface area contributed by atoms with Gasteiger partial charge in [-0.25, -0.2) is 0 Å². The fourth-order valence-electron chi connectivity index (χ4n) is 2.97. The summed E-state index contributed by atoms with van der Waals surface area (Å²) >= 11 is 0. The monoisotopic (exact) mass is 364 g/mol. The van der Waals surface area contributed by atoms with Crippen LogP contribution in [-0.2, 0) is 17.9 Å². The fraction of sp³-hybridized carbons (Fsp3) is 0.273.